The van der Waals surface area contributed by atoms with Gasteiger partial charge in [0.25, 0.3) is 0 Å². The van der Waals surface area contributed by atoms with E-state index >= 15 is 0 Å². The molecule has 0 saturated carbocycles. The van der Waals surface area contributed by atoms with Crippen LogP contribution in [0.2, 0.25) is 0 Å². The quantitative estimate of drug-likeness (QED) is 0.777. The molecular weight excluding hydrogens is 228 g/mol. The van der Waals surface area contributed by atoms with Crippen molar-refractivity contribution in [2.75, 3.05) is 7.05 Å². The lowest BCUT2D eigenvalue weighted by Crippen LogP contribution is -2.30. The summed E-state index contributed by atoms with van der Waals surface area (Å²) < 4.78 is 26.2. The van der Waals surface area contributed by atoms with Crippen LogP contribution in [0, 0.1) is 5.92 Å². The molecule has 6 heteroatoms. The Hall–Kier alpha value is -1.30. The molecule has 1 aliphatic rings. The number of carbonyl (C=O) groups is 1. The molecule has 17 heavy (non-hydrogen) atoms. The first kappa shape index (κ1) is 13.8. The summed E-state index contributed by atoms with van der Waals surface area (Å²) in [4.78, 5) is 10.6. The fraction of sp³-hybridized carbons (Fsp3) is 0.636. The topological polar surface area (TPSA) is 71.8 Å². The van der Waals surface area contributed by atoms with Crippen LogP contribution < -0.4 is 5.73 Å². The molecule has 1 unspecified atom stereocenters. The van der Waals surface area contributed by atoms with Crippen LogP contribution in [0.15, 0.2) is 0 Å². The number of hydrogen-bond donors (Lipinski definition) is 2. The van der Waals surface area contributed by atoms with Crippen LogP contribution in [0.3, 0.4) is 0 Å². The number of hydrogen-bond acceptors (Lipinski definition) is 3. The zero-order chi connectivity index (χ0) is 13.1. The number of aryl methyl sites for hydroxylation is 1. The Labute approximate surface area is 98.6 Å². The zero-order valence-corrected chi connectivity index (χ0v) is 9.96. The van der Waals surface area contributed by atoms with Gasteiger partial charge in [0.1, 0.15) is 5.69 Å². The van der Waals surface area contributed by atoms with Crippen molar-refractivity contribution in [2.24, 2.45) is 11.7 Å². The van der Waals surface area contributed by atoms with E-state index in [4.69, 9.17) is 0 Å². The number of H-pyrrole nitrogens is 1. The summed E-state index contributed by atoms with van der Waals surface area (Å²) in [5, 5.41) is 6.52. The van der Waals surface area contributed by atoms with Gasteiger partial charge in [0, 0.05) is 17.2 Å². The van der Waals surface area contributed by atoms with Crippen LogP contribution in [0.25, 0.3) is 0 Å². The predicted octanol–water partition coefficient (Wildman–Crippen LogP) is 1.56. The van der Waals surface area contributed by atoms with E-state index in [2.05, 4.69) is 15.9 Å². The number of aldehydes is 1. The first-order chi connectivity index (χ1) is 8.02. The number of fused-ring (bicyclic) bond motifs is 1. The molecule has 1 atom stereocenters. The number of nitrogens with two attached hydrogens (primary N) is 1. The second-order valence-electron chi connectivity index (χ2n) is 4.08. The maximum absolute atomic E-state index is 13.1. The number of nitrogens with one attached hydrogen (secondary N) is 1. The van der Waals surface area contributed by atoms with Crippen molar-refractivity contribution >= 4 is 6.29 Å². The minimum atomic E-state index is -2.69. The fourth-order valence-corrected chi connectivity index (χ4v) is 2.05. The molecule has 0 aromatic carbocycles. The van der Waals surface area contributed by atoms with E-state index in [1.54, 1.807) is 0 Å². The van der Waals surface area contributed by atoms with E-state index in [0.717, 1.165) is 12.6 Å². The van der Waals surface area contributed by atoms with Gasteiger partial charge >= 0.3 is 0 Å². The Morgan fingerprint density at radius 2 is 2.18 bits per heavy atom. The molecule has 0 saturated heterocycles. The molecule has 1 aromatic heterocycles. The van der Waals surface area contributed by atoms with Gasteiger partial charge < -0.3 is 5.73 Å². The summed E-state index contributed by atoms with van der Waals surface area (Å²) in [6, 6.07) is 0. The van der Waals surface area contributed by atoms with E-state index in [1.807, 2.05) is 0 Å². The van der Waals surface area contributed by atoms with Crippen molar-refractivity contribution in [1.29, 1.82) is 0 Å². The lowest BCUT2D eigenvalue weighted by molar-refractivity contribution is -0.0445. The van der Waals surface area contributed by atoms with Gasteiger partial charge in [-0.3, -0.25) is 9.89 Å². The average Bonchev–Trinajstić information content (AvgIpc) is 2.72. The molecule has 1 heterocycles. The van der Waals surface area contributed by atoms with Crippen LogP contribution in [0.4, 0.5) is 8.78 Å². The number of carbonyl (C=O) groups excluding carboxylic acids is 1. The third-order valence-corrected chi connectivity index (χ3v) is 3.01. The molecule has 96 valence electrons. The van der Waals surface area contributed by atoms with Crippen molar-refractivity contribution in [3.63, 3.8) is 0 Å². The number of alkyl halides is 2. The summed E-state index contributed by atoms with van der Waals surface area (Å²) in [7, 11) is 1.50. The van der Waals surface area contributed by atoms with Gasteiger partial charge in [-0.15, -0.1) is 0 Å². The van der Waals surface area contributed by atoms with Crippen LogP contribution in [0.1, 0.15) is 35.1 Å². The van der Waals surface area contributed by atoms with Crippen molar-refractivity contribution in [3.05, 3.63) is 17.0 Å². The average molecular weight is 245 g/mol. The molecule has 0 bridgehead atoms. The number of nitrogens with zero attached hydrogens (tertiary/aromatic N) is 1. The number of halogens is 2. The minimum Gasteiger partial charge on any atom is -0.333 e. The lowest BCUT2D eigenvalue weighted by atomic mass is 9.83. The maximum Gasteiger partial charge on any atom is 0.248 e. The molecule has 2 rings (SSSR count). The van der Waals surface area contributed by atoms with Crippen molar-refractivity contribution in [1.82, 2.24) is 10.2 Å². The second kappa shape index (κ2) is 5.35. The first-order valence-electron chi connectivity index (χ1n) is 5.49. The smallest absolute Gasteiger partial charge is 0.248 e. The minimum absolute atomic E-state index is 0.239. The second-order valence-corrected chi connectivity index (χ2v) is 4.08. The molecule has 0 amide bonds. The highest BCUT2D eigenvalue weighted by atomic mass is 19.3. The molecular formula is C11H17F2N3O. The van der Waals surface area contributed by atoms with Gasteiger partial charge in [-0.05, 0) is 33.2 Å². The largest absolute Gasteiger partial charge is 0.333 e. The van der Waals surface area contributed by atoms with E-state index in [1.165, 1.54) is 7.05 Å². The van der Waals surface area contributed by atoms with Gasteiger partial charge in [-0.25, -0.2) is 8.78 Å². The van der Waals surface area contributed by atoms with E-state index in [0.29, 0.717) is 24.7 Å². The number of aromatic amines is 1. The Bertz CT molecular complexity index is 385. The highest BCUT2D eigenvalue weighted by Gasteiger charge is 2.37. The SMILES string of the molecule is CC(F)(F)C1CCc2[nH]nc(C=O)c2C1.CN. The Kier molecular flexibility index (Phi) is 4.34. The van der Waals surface area contributed by atoms with Crippen LogP contribution >= 0.6 is 0 Å². The molecule has 4 nitrogen and oxygen atoms in total. The number of aromatic nitrogens is 2. The van der Waals surface area contributed by atoms with Gasteiger partial charge in [0.05, 0.1) is 0 Å². The Morgan fingerprint density at radius 3 is 2.71 bits per heavy atom. The third kappa shape index (κ3) is 2.88. The van der Waals surface area contributed by atoms with Gasteiger partial charge in [-0.2, -0.15) is 5.10 Å². The molecule has 1 aliphatic carbocycles. The third-order valence-electron chi connectivity index (χ3n) is 3.01. The van der Waals surface area contributed by atoms with Crippen molar-refractivity contribution < 1.29 is 13.6 Å². The fourth-order valence-electron chi connectivity index (χ4n) is 2.05. The summed E-state index contributed by atoms with van der Waals surface area (Å²) in [5.74, 6) is -3.36. The van der Waals surface area contributed by atoms with Gasteiger partial charge in [0.15, 0.2) is 6.29 Å². The normalized spacial score (nSPS) is 19.0. The maximum atomic E-state index is 13.1. The highest BCUT2D eigenvalue weighted by molar-refractivity contribution is 5.74. The monoisotopic (exact) mass is 245 g/mol. The summed E-state index contributed by atoms with van der Waals surface area (Å²) in [5.41, 5.74) is 6.28. The molecule has 0 spiro atoms. The Balaban J connectivity index is 0.000000686. The van der Waals surface area contributed by atoms with Crippen molar-refractivity contribution in [2.45, 2.75) is 32.1 Å². The molecule has 3 N–H and O–H groups in total. The van der Waals surface area contributed by atoms with Crippen LogP contribution in [-0.2, 0) is 12.8 Å². The van der Waals surface area contributed by atoms with Gasteiger partial charge in [-0.1, -0.05) is 0 Å². The standard InChI is InChI=1S/C10H12F2N2O.CH5N/c1-10(11,12)6-2-3-8-7(4-6)9(5-15)14-13-8;1-2/h5-6H,2-4H2,1H3,(H,13,14);2H2,1H3. The van der Waals surface area contributed by atoms with Crippen LogP contribution in [0.5, 0.6) is 0 Å². The summed E-state index contributed by atoms with van der Waals surface area (Å²) in [6.07, 6.45) is 1.84. The van der Waals surface area contributed by atoms with Crippen LogP contribution in [-0.4, -0.2) is 29.5 Å². The Morgan fingerprint density at radius 1 is 1.53 bits per heavy atom. The van der Waals surface area contributed by atoms with E-state index in [-0.39, 0.29) is 12.1 Å². The first-order valence-corrected chi connectivity index (χ1v) is 5.49. The van der Waals surface area contributed by atoms with E-state index < -0.39 is 11.8 Å². The molecule has 1 aromatic rings. The summed E-state index contributed by atoms with van der Waals surface area (Å²) in [6.45, 7) is 0.934. The van der Waals surface area contributed by atoms with Gasteiger partial charge in [0.2, 0.25) is 5.92 Å². The van der Waals surface area contributed by atoms with E-state index in [9.17, 15) is 13.6 Å². The van der Waals surface area contributed by atoms with Crippen molar-refractivity contribution in [3.8, 4) is 0 Å². The molecule has 0 aliphatic heterocycles. The zero-order valence-electron chi connectivity index (χ0n) is 9.96. The lowest BCUT2D eigenvalue weighted by Gasteiger charge is -2.27. The highest BCUT2D eigenvalue weighted by Crippen LogP contribution is 2.35. The molecule has 0 radical (unpaired) electrons. The summed E-state index contributed by atoms with van der Waals surface area (Å²) >= 11 is 0. The number of rotatable bonds is 2. The predicted molar refractivity (Wildman–Crippen MR) is 60.2 cm³/mol. The molecule has 0 fully saturated rings.